The zero-order valence-corrected chi connectivity index (χ0v) is 16.2. The first kappa shape index (κ1) is 19.7. The Morgan fingerprint density at radius 1 is 1.19 bits per heavy atom. The third-order valence-corrected chi connectivity index (χ3v) is 4.66. The number of aromatic nitrogens is 2. The molecular weight excluding hydrogens is 373 g/mol. The summed E-state index contributed by atoms with van der Waals surface area (Å²) >= 11 is 5.29. The normalized spacial score (nSPS) is 14.3. The van der Waals surface area contributed by atoms with Crippen LogP contribution < -0.4 is 10.6 Å². The number of benzene rings is 1. The van der Waals surface area contributed by atoms with E-state index in [1.165, 1.54) is 10.7 Å². The first-order valence-electron chi connectivity index (χ1n) is 9.00. The Morgan fingerprint density at radius 3 is 2.44 bits per heavy atom. The summed E-state index contributed by atoms with van der Waals surface area (Å²) in [5.41, 5.74) is 3.10. The first-order chi connectivity index (χ1) is 12.7. The second-order valence-corrected chi connectivity index (χ2v) is 7.47. The van der Waals surface area contributed by atoms with Crippen molar-refractivity contribution in [3.63, 3.8) is 0 Å². The third kappa shape index (κ3) is 5.45. The highest BCUT2D eigenvalue weighted by atomic mass is 32.1. The molecule has 0 saturated heterocycles. The number of aryl methyl sites for hydroxylation is 3. The van der Waals surface area contributed by atoms with Crippen LogP contribution in [0.1, 0.15) is 47.7 Å². The molecule has 1 fully saturated rings. The number of thiocarbonyl (C=S) groups is 1. The van der Waals surface area contributed by atoms with Gasteiger partial charge >= 0.3 is 6.18 Å². The molecule has 0 amide bonds. The summed E-state index contributed by atoms with van der Waals surface area (Å²) in [6.45, 7) is 5.03. The van der Waals surface area contributed by atoms with Gasteiger partial charge in [-0.2, -0.15) is 18.3 Å². The maximum absolute atomic E-state index is 12.9. The van der Waals surface area contributed by atoms with Crippen LogP contribution in [0.5, 0.6) is 0 Å². The Kier molecular flexibility index (Phi) is 5.74. The van der Waals surface area contributed by atoms with E-state index < -0.39 is 11.9 Å². The predicted octanol–water partition coefficient (Wildman–Crippen LogP) is 4.77. The molecule has 146 valence electrons. The summed E-state index contributed by atoms with van der Waals surface area (Å²) in [6, 6.07) is 7.28. The highest BCUT2D eigenvalue weighted by molar-refractivity contribution is 7.80. The van der Waals surface area contributed by atoms with Crippen molar-refractivity contribution < 1.29 is 13.2 Å². The van der Waals surface area contributed by atoms with Crippen molar-refractivity contribution in [3.05, 3.63) is 46.8 Å². The predicted molar refractivity (Wildman–Crippen MR) is 104 cm³/mol. The van der Waals surface area contributed by atoms with Gasteiger partial charge in [0.1, 0.15) is 0 Å². The van der Waals surface area contributed by atoms with Crippen molar-refractivity contribution >= 4 is 23.0 Å². The van der Waals surface area contributed by atoms with E-state index in [0.717, 1.165) is 29.7 Å². The number of hydrogen-bond donors (Lipinski definition) is 2. The molecule has 4 nitrogen and oxygen atoms in total. The summed E-state index contributed by atoms with van der Waals surface area (Å²) in [4.78, 5) is 0. The van der Waals surface area contributed by atoms with Crippen LogP contribution in [0.3, 0.4) is 0 Å². The van der Waals surface area contributed by atoms with Crippen molar-refractivity contribution in [2.75, 3.05) is 11.9 Å². The molecule has 0 spiro atoms. The van der Waals surface area contributed by atoms with Gasteiger partial charge in [-0.15, -0.1) is 0 Å². The molecule has 27 heavy (non-hydrogen) atoms. The molecule has 1 aliphatic rings. The van der Waals surface area contributed by atoms with Crippen LogP contribution in [0.15, 0.2) is 24.3 Å². The highest BCUT2D eigenvalue weighted by Crippen LogP contribution is 2.42. The lowest BCUT2D eigenvalue weighted by atomic mass is 10.1. The van der Waals surface area contributed by atoms with E-state index >= 15 is 0 Å². The standard InChI is InChI=1S/C19H23F3N4S/c1-12-8-13(2)10-15(9-12)24-18(27)23-6-3-7-26-16(14-4-5-14)11-17(25-26)19(20,21)22/h8-11,14H,3-7H2,1-2H3,(H2,23,24,27). The van der Waals surface area contributed by atoms with Crippen LogP contribution in [0.2, 0.25) is 0 Å². The molecule has 0 atom stereocenters. The Bertz CT molecular complexity index is 805. The number of alkyl halides is 3. The average molecular weight is 396 g/mol. The zero-order valence-electron chi connectivity index (χ0n) is 15.4. The second kappa shape index (κ2) is 7.88. The van der Waals surface area contributed by atoms with Crippen molar-refractivity contribution in [1.29, 1.82) is 0 Å². The minimum absolute atomic E-state index is 0.217. The Hall–Kier alpha value is -2.09. The van der Waals surface area contributed by atoms with Gasteiger partial charge in [0.15, 0.2) is 10.8 Å². The number of halogens is 3. The maximum Gasteiger partial charge on any atom is 0.435 e. The molecule has 2 N–H and O–H groups in total. The molecule has 1 aromatic carbocycles. The average Bonchev–Trinajstić information content (AvgIpc) is 3.29. The Balaban J connectivity index is 1.50. The van der Waals surface area contributed by atoms with Gasteiger partial charge in [0.2, 0.25) is 0 Å². The maximum atomic E-state index is 12.9. The largest absolute Gasteiger partial charge is 0.435 e. The molecule has 0 unspecified atom stereocenters. The summed E-state index contributed by atoms with van der Waals surface area (Å²) in [7, 11) is 0. The molecule has 1 heterocycles. The molecule has 1 aromatic heterocycles. The Labute approximate surface area is 162 Å². The van der Waals surface area contributed by atoms with E-state index in [1.54, 1.807) is 0 Å². The van der Waals surface area contributed by atoms with Crippen LogP contribution in [-0.4, -0.2) is 21.4 Å². The summed E-state index contributed by atoms with van der Waals surface area (Å²) in [5, 5.41) is 10.5. The lowest BCUT2D eigenvalue weighted by Crippen LogP contribution is -2.30. The monoisotopic (exact) mass is 396 g/mol. The molecule has 1 saturated carbocycles. The van der Waals surface area contributed by atoms with Gasteiger partial charge in [-0.3, -0.25) is 4.68 Å². The fraction of sp³-hybridized carbons (Fsp3) is 0.474. The molecule has 8 heteroatoms. The topological polar surface area (TPSA) is 41.9 Å². The number of nitrogens with zero attached hydrogens (tertiary/aromatic N) is 2. The van der Waals surface area contributed by atoms with Crippen molar-refractivity contribution in [3.8, 4) is 0 Å². The molecule has 0 bridgehead atoms. The fourth-order valence-corrected chi connectivity index (χ4v) is 3.33. The quantitative estimate of drug-likeness (QED) is 0.545. The number of rotatable bonds is 6. The lowest BCUT2D eigenvalue weighted by Gasteiger charge is -2.12. The lowest BCUT2D eigenvalue weighted by molar-refractivity contribution is -0.141. The van der Waals surface area contributed by atoms with E-state index in [9.17, 15) is 13.2 Å². The molecule has 2 aromatic rings. The third-order valence-electron chi connectivity index (χ3n) is 4.41. The second-order valence-electron chi connectivity index (χ2n) is 7.06. The fourth-order valence-electron chi connectivity index (χ4n) is 3.11. The van der Waals surface area contributed by atoms with Gasteiger partial charge in [-0.05, 0) is 74.7 Å². The van der Waals surface area contributed by atoms with E-state index in [4.69, 9.17) is 12.2 Å². The molecule has 0 radical (unpaired) electrons. The molecule has 0 aliphatic heterocycles. The SMILES string of the molecule is Cc1cc(C)cc(NC(=S)NCCCn2nc(C(F)(F)F)cc2C2CC2)c1. The smallest absolute Gasteiger partial charge is 0.362 e. The molecule has 3 rings (SSSR count). The highest BCUT2D eigenvalue weighted by Gasteiger charge is 2.37. The first-order valence-corrected chi connectivity index (χ1v) is 9.41. The van der Waals surface area contributed by atoms with Crippen LogP contribution in [0, 0.1) is 13.8 Å². The van der Waals surface area contributed by atoms with Crippen LogP contribution in [0.25, 0.3) is 0 Å². The van der Waals surface area contributed by atoms with Gasteiger partial charge in [0.25, 0.3) is 0 Å². The summed E-state index contributed by atoms with van der Waals surface area (Å²) in [6.07, 6.45) is -1.89. The van der Waals surface area contributed by atoms with Crippen LogP contribution >= 0.6 is 12.2 Å². The van der Waals surface area contributed by atoms with Crippen molar-refractivity contribution in [2.45, 2.75) is 51.7 Å². The number of hydrogen-bond acceptors (Lipinski definition) is 2. The zero-order chi connectivity index (χ0) is 19.6. The van der Waals surface area contributed by atoms with Gasteiger partial charge < -0.3 is 10.6 Å². The van der Waals surface area contributed by atoms with Crippen molar-refractivity contribution in [1.82, 2.24) is 15.1 Å². The minimum atomic E-state index is -4.40. The van der Waals surface area contributed by atoms with Gasteiger partial charge in [-0.25, -0.2) is 0 Å². The minimum Gasteiger partial charge on any atom is -0.362 e. The van der Waals surface area contributed by atoms with Gasteiger partial charge in [0.05, 0.1) is 0 Å². The van der Waals surface area contributed by atoms with E-state index in [0.29, 0.717) is 30.3 Å². The Morgan fingerprint density at radius 2 is 1.85 bits per heavy atom. The van der Waals surface area contributed by atoms with E-state index in [2.05, 4.69) is 21.8 Å². The number of nitrogens with one attached hydrogen (secondary N) is 2. The van der Waals surface area contributed by atoms with Crippen LogP contribution in [-0.2, 0) is 12.7 Å². The van der Waals surface area contributed by atoms with Crippen LogP contribution in [0.4, 0.5) is 18.9 Å². The van der Waals surface area contributed by atoms with E-state index in [-0.39, 0.29) is 5.92 Å². The number of anilines is 1. The molecule has 1 aliphatic carbocycles. The van der Waals surface area contributed by atoms with Crippen molar-refractivity contribution in [2.24, 2.45) is 0 Å². The summed E-state index contributed by atoms with van der Waals surface area (Å²) < 4.78 is 40.2. The van der Waals surface area contributed by atoms with Gasteiger partial charge in [0, 0.05) is 30.4 Å². The van der Waals surface area contributed by atoms with E-state index in [1.807, 2.05) is 26.0 Å². The summed E-state index contributed by atoms with van der Waals surface area (Å²) in [5.74, 6) is 0.217. The van der Waals surface area contributed by atoms with Gasteiger partial charge in [-0.1, -0.05) is 6.07 Å². The molecular formula is C19H23F3N4S.